The second-order valence-corrected chi connectivity index (χ2v) is 4.10. The lowest BCUT2D eigenvalue weighted by Gasteiger charge is -2.17. The Bertz CT molecular complexity index is 247. The van der Waals surface area contributed by atoms with Crippen LogP contribution in [0, 0.1) is 5.92 Å². The van der Waals surface area contributed by atoms with Gasteiger partial charge in [0.25, 0.3) is 0 Å². The first-order valence-electron chi connectivity index (χ1n) is 3.95. The molecule has 1 rings (SSSR count). The number of rotatable bonds is 3. The molecule has 0 aliphatic carbocycles. The fraction of sp³-hybridized carbons (Fsp3) is 0.625. The summed E-state index contributed by atoms with van der Waals surface area (Å²) in [6, 6.07) is 0. The molecule has 1 N–H and O–H groups in total. The Morgan fingerprint density at radius 2 is 2.33 bits per heavy atom. The van der Waals surface area contributed by atoms with Gasteiger partial charge in [-0.25, -0.2) is 0 Å². The number of hydrogen-bond donors (Lipinski definition) is 1. The maximum absolute atomic E-state index is 9.01. The third-order valence-electron chi connectivity index (χ3n) is 1.45. The van der Waals surface area contributed by atoms with Crippen molar-refractivity contribution in [1.82, 2.24) is 4.98 Å². The Balaban J connectivity index is 2.58. The SMILES string of the molecule is CC(C)CN(C)c1nc(O)cs1. The molecule has 12 heavy (non-hydrogen) atoms. The van der Waals surface area contributed by atoms with Gasteiger partial charge in [-0.2, -0.15) is 4.98 Å². The maximum Gasteiger partial charge on any atom is 0.223 e. The van der Waals surface area contributed by atoms with E-state index in [0.717, 1.165) is 11.7 Å². The lowest BCUT2D eigenvalue weighted by Crippen LogP contribution is -2.22. The van der Waals surface area contributed by atoms with Crippen molar-refractivity contribution in [3.05, 3.63) is 5.38 Å². The summed E-state index contributed by atoms with van der Waals surface area (Å²) in [6.45, 7) is 5.28. The van der Waals surface area contributed by atoms with Gasteiger partial charge in [0, 0.05) is 13.6 Å². The Morgan fingerprint density at radius 1 is 1.67 bits per heavy atom. The zero-order valence-electron chi connectivity index (χ0n) is 7.61. The van der Waals surface area contributed by atoms with Gasteiger partial charge >= 0.3 is 0 Å². The molecule has 68 valence electrons. The third kappa shape index (κ3) is 2.37. The number of thiazole rings is 1. The lowest BCUT2D eigenvalue weighted by atomic mass is 10.2. The van der Waals surface area contributed by atoms with Crippen LogP contribution in [0.2, 0.25) is 0 Å². The average molecular weight is 186 g/mol. The van der Waals surface area contributed by atoms with Crippen LogP contribution in [0.4, 0.5) is 5.13 Å². The van der Waals surface area contributed by atoms with Crippen LogP contribution in [0.5, 0.6) is 5.88 Å². The van der Waals surface area contributed by atoms with Crippen molar-refractivity contribution in [2.24, 2.45) is 5.92 Å². The van der Waals surface area contributed by atoms with E-state index in [0.29, 0.717) is 5.92 Å². The van der Waals surface area contributed by atoms with Crippen LogP contribution < -0.4 is 4.90 Å². The molecule has 0 aliphatic heterocycles. The molecule has 1 heterocycles. The molecule has 0 unspecified atom stereocenters. The van der Waals surface area contributed by atoms with Crippen molar-refractivity contribution in [1.29, 1.82) is 0 Å². The van der Waals surface area contributed by atoms with E-state index >= 15 is 0 Å². The zero-order valence-corrected chi connectivity index (χ0v) is 8.43. The molecule has 0 amide bonds. The normalized spacial score (nSPS) is 10.7. The molecule has 0 aromatic carbocycles. The first kappa shape index (κ1) is 9.32. The van der Waals surface area contributed by atoms with Crippen molar-refractivity contribution in [2.45, 2.75) is 13.8 Å². The average Bonchev–Trinajstić information content (AvgIpc) is 2.34. The second kappa shape index (κ2) is 3.76. The standard InChI is InChI=1S/C8H14N2OS/c1-6(2)4-10(3)8-9-7(11)5-12-8/h5-6,11H,4H2,1-3H3. The topological polar surface area (TPSA) is 36.4 Å². The van der Waals surface area contributed by atoms with Crippen LogP contribution in [0.15, 0.2) is 5.38 Å². The summed E-state index contributed by atoms with van der Waals surface area (Å²) in [4.78, 5) is 6.01. The van der Waals surface area contributed by atoms with Crippen LogP contribution in [0.25, 0.3) is 0 Å². The molecule has 0 spiro atoms. The number of aromatic nitrogens is 1. The van der Waals surface area contributed by atoms with E-state index in [4.69, 9.17) is 5.11 Å². The summed E-state index contributed by atoms with van der Waals surface area (Å²) in [5.74, 6) is 0.728. The number of aromatic hydroxyl groups is 1. The van der Waals surface area contributed by atoms with Gasteiger partial charge in [-0.15, -0.1) is 11.3 Å². The predicted octanol–water partition coefficient (Wildman–Crippen LogP) is 1.94. The molecule has 1 aromatic rings. The van der Waals surface area contributed by atoms with E-state index in [9.17, 15) is 0 Å². The monoisotopic (exact) mass is 186 g/mol. The van der Waals surface area contributed by atoms with Crippen LogP contribution in [-0.2, 0) is 0 Å². The van der Waals surface area contributed by atoms with Crippen LogP contribution in [0.1, 0.15) is 13.8 Å². The lowest BCUT2D eigenvalue weighted by molar-refractivity contribution is 0.457. The summed E-state index contributed by atoms with van der Waals surface area (Å²) in [7, 11) is 1.98. The summed E-state index contributed by atoms with van der Waals surface area (Å²) < 4.78 is 0. The van der Waals surface area contributed by atoms with Crippen molar-refractivity contribution >= 4 is 16.5 Å². The minimum absolute atomic E-state index is 0.116. The number of nitrogens with zero attached hydrogens (tertiary/aromatic N) is 2. The highest BCUT2D eigenvalue weighted by molar-refractivity contribution is 7.13. The van der Waals surface area contributed by atoms with E-state index in [2.05, 4.69) is 23.7 Å². The van der Waals surface area contributed by atoms with Crippen molar-refractivity contribution in [3.8, 4) is 5.88 Å². The molecule has 0 atom stereocenters. The van der Waals surface area contributed by atoms with E-state index in [1.165, 1.54) is 11.3 Å². The van der Waals surface area contributed by atoms with Crippen molar-refractivity contribution in [3.63, 3.8) is 0 Å². The van der Waals surface area contributed by atoms with Gasteiger partial charge < -0.3 is 10.0 Å². The molecule has 0 saturated heterocycles. The molecule has 0 fully saturated rings. The molecule has 3 nitrogen and oxygen atoms in total. The zero-order chi connectivity index (χ0) is 9.14. The minimum Gasteiger partial charge on any atom is -0.493 e. The molecule has 0 aliphatic rings. The molecular formula is C8H14N2OS. The van der Waals surface area contributed by atoms with Gasteiger partial charge in [0.15, 0.2) is 5.13 Å². The fourth-order valence-electron chi connectivity index (χ4n) is 1.06. The van der Waals surface area contributed by atoms with E-state index in [1.54, 1.807) is 5.38 Å². The highest BCUT2D eigenvalue weighted by atomic mass is 32.1. The molecule has 0 saturated carbocycles. The van der Waals surface area contributed by atoms with Gasteiger partial charge in [0.1, 0.15) is 0 Å². The Labute approximate surface area is 76.7 Å². The van der Waals surface area contributed by atoms with Gasteiger partial charge in [-0.05, 0) is 5.92 Å². The van der Waals surface area contributed by atoms with E-state index < -0.39 is 0 Å². The molecule has 0 radical (unpaired) electrons. The predicted molar refractivity (Wildman–Crippen MR) is 51.9 cm³/mol. The number of hydrogen-bond acceptors (Lipinski definition) is 4. The number of anilines is 1. The van der Waals surface area contributed by atoms with Crippen molar-refractivity contribution < 1.29 is 5.11 Å². The van der Waals surface area contributed by atoms with Gasteiger partial charge in [-0.1, -0.05) is 13.8 Å². The van der Waals surface area contributed by atoms with Crippen LogP contribution in [0.3, 0.4) is 0 Å². The quantitative estimate of drug-likeness (QED) is 0.783. The highest BCUT2D eigenvalue weighted by Crippen LogP contribution is 2.23. The Morgan fingerprint density at radius 3 is 2.75 bits per heavy atom. The maximum atomic E-state index is 9.01. The fourth-order valence-corrected chi connectivity index (χ4v) is 1.72. The minimum atomic E-state index is 0.116. The molecule has 1 aromatic heterocycles. The van der Waals surface area contributed by atoms with E-state index in [1.807, 2.05) is 7.05 Å². The molecule has 4 heteroatoms. The third-order valence-corrected chi connectivity index (χ3v) is 2.39. The van der Waals surface area contributed by atoms with E-state index in [-0.39, 0.29) is 5.88 Å². The summed E-state index contributed by atoms with van der Waals surface area (Å²) in [6.07, 6.45) is 0. The first-order valence-corrected chi connectivity index (χ1v) is 4.83. The summed E-state index contributed by atoms with van der Waals surface area (Å²) >= 11 is 1.46. The Hall–Kier alpha value is -0.770. The molecule has 0 bridgehead atoms. The van der Waals surface area contributed by atoms with Gasteiger partial charge in [-0.3, -0.25) is 0 Å². The van der Waals surface area contributed by atoms with Crippen molar-refractivity contribution in [2.75, 3.05) is 18.5 Å². The Kier molecular flexibility index (Phi) is 2.92. The highest BCUT2D eigenvalue weighted by Gasteiger charge is 2.07. The molecular weight excluding hydrogens is 172 g/mol. The van der Waals surface area contributed by atoms with Gasteiger partial charge in [0.2, 0.25) is 5.88 Å². The summed E-state index contributed by atoms with van der Waals surface area (Å²) in [5.41, 5.74) is 0. The van der Waals surface area contributed by atoms with Crippen LogP contribution in [-0.4, -0.2) is 23.7 Å². The summed E-state index contributed by atoms with van der Waals surface area (Å²) in [5, 5.41) is 11.5. The smallest absolute Gasteiger partial charge is 0.223 e. The first-order chi connectivity index (χ1) is 5.59. The van der Waals surface area contributed by atoms with Crippen LogP contribution >= 0.6 is 11.3 Å². The second-order valence-electron chi connectivity index (χ2n) is 3.26. The largest absolute Gasteiger partial charge is 0.493 e. The van der Waals surface area contributed by atoms with Gasteiger partial charge in [0.05, 0.1) is 5.38 Å².